The SMILES string of the molecule is CN=C(C(C)F)C1(CN(C(=O)OC(C)(C)C)c2ccc(C(N)=S)nn2)CCC1. The van der Waals surface area contributed by atoms with Gasteiger partial charge >= 0.3 is 6.09 Å². The highest BCUT2D eigenvalue weighted by molar-refractivity contribution is 7.80. The van der Waals surface area contributed by atoms with E-state index in [1.807, 2.05) is 0 Å². The van der Waals surface area contributed by atoms with Crippen LogP contribution in [0.5, 0.6) is 0 Å². The van der Waals surface area contributed by atoms with Crippen molar-refractivity contribution < 1.29 is 13.9 Å². The van der Waals surface area contributed by atoms with Crippen LogP contribution in [-0.4, -0.2) is 52.4 Å². The monoisotopic (exact) mass is 409 g/mol. The maximum Gasteiger partial charge on any atom is 0.416 e. The third kappa shape index (κ3) is 5.01. The van der Waals surface area contributed by atoms with E-state index in [2.05, 4.69) is 15.2 Å². The number of carbonyl (C=O) groups excluding carboxylic acids is 1. The summed E-state index contributed by atoms with van der Waals surface area (Å²) in [5.41, 5.74) is 5.16. The molecule has 1 heterocycles. The van der Waals surface area contributed by atoms with Crippen molar-refractivity contribution in [3.8, 4) is 0 Å². The Morgan fingerprint density at radius 3 is 2.43 bits per heavy atom. The van der Waals surface area contributed by atoms with Gasteiger partial charge in [-0.05, 0) is 52.7 Å². The van der Waals surface area contributed by atoms with E-state index in [1.54, 1.807) is 40.0 Å². The van der Waals surface area contributed by atoms with Crippen LogP contribution in [0.4, 0.5) is 15.0 Å². The Bertz CT molecular complexity index is 755. The lowest BCUT2D eigenvalue weighted by molar-refractivity contribution is 0.0555. The van der Waals surface area contributed by atoms with Gasteiger partial charge in [0.25, 0.3) is 0 Å². The van der Waals surface area contributed by atoms with Crippen LogP contribution in [-0.2, 0) is 4.74 Å². The van der Waals surface area contributed by atoms with Gasteiger partial charge in [0.05, 0.1) is 5.71 Å². The molecule has 0 spiro atoms. The number of halogens is 1. The highest BCUT2D eigenvalue weighted by Crippen LogP contribution is 2.45. The minimum Gasteiger partial charge on any atom is -0.443 e. The third-order valence-electron chi connectivity index (χ3n) is 4.73. The summed E-state index contributed by atoms with van der Waals surface area (Å²) < 4.78 is 19.8. The van der Waals surface area contributed by atoms with E-state index in [0.717, 1.165) is 19.3 Å². The molecular formula is C19H28FN5O2S. The van der Waals surface area contributed by atoms with Gasteiger partial charge in [-0.3, -0.25) is 9.89 Å². The Morgan fingerprint density at radius 2 is 2.07 bits per heavy atom. The Labute approximate surface area is 170 Å². The van der Waals surface area contributed by atoms with Crippen LogP contribution in [0, 0.1) is 5.41 Å². The second-order valence-corrected chi connectivity index (χ2v) is 8.51. The number of nitrogens with two attached hydrogens (primary N) is 1. The summed E-state index contributed by atoms with van der Waals surface area (Å²) in [5.74, 6) is 0.294. The van der Waals surface area contributed by atoms with Crippen LogP contribution in [0.25, 0.3) is 0 Å². The molecule has 1 amide bonds. The van der Waals surface area contributed by atoms with Gasteiger partial charge in [0.2, 0.25) is 0 Å². The van der Waals surface area contributed by atoms with E-state index in [4.69, 9.17) is 22.7 Å². The fraction of sp³-hybridized carbons (Fsp3) is 0.632. The predicted molar refractivity (Wildman–Crippen MR) is 112 cm³/mol. The lowest BCUT2D eigenvalue weighted by Gasteiger charge is -2.45. The van der Waals surface area contributed by atoms with E-state index < -0.39 is 23.3 Å². The van der Waals surface area contributed by atoms with Crippen molar-refractivity contribution in [1.82, 2.24) is 10.2 Å². The number of ether oxygens (including phenoxy) is 1. The minimum atomic E-state index is -1.20. The summed E-state index contributed by atoms with van der Waals surface area (Å²) in [6, 6.07) is 3.21. The molecule has 7 nitrogen and oxygen atoms in total. The van der Waals surface area contributed by atoms with Crippen LogP contribution in [0.1, 0.15) is 52.7 Å². The zero-order valence-corrected chi connectivity index (χ0v) is 17.8. The first kappa shape index (κ1) is 22.1. The molecule has 0 aromatic carbocycles. The number of carbonyl (C=O) groups is 1. The van der Waals surface area contributed by atoms with E-state index in [0.29, 0.717) is 17.2 Å². The maximum atomic E-state index is 14.2. The molecule has 0 bridgehead atoms. The zero-order chi connectivity index (χ0) is 21.1. The van der Waals surface area contributed by atoms with E-state index in [-0.39, 0.29) is 11.5 Å². The fourth-order valence-electron chi connectivity index (χ4n) is 3.40. The van der Waals surface area contributed by atoms with E-state index >= 15 is 0 Å². The summed E-state index contributed by atoms with van der Waals surface area (Å²) >= 11 is 4.90. The highest BCUT2D eigenvalue weighted by Gasteiger charge is 2.46. The van der Waals surface area contributed by atoms with Crippen molar-refractivity contribution in [1.29, 1.82) is 0 Å². The Morgan fingerprint density at radius 1 is 1.43 bits per heavy atom. The number of nitrogens with zero attached hydrogens (tertiary/aromatic N) is 4. The molecule has 0 radical (unpaired) electrons. The van der Waals surface area contributed by atoms with Gasteiger partial charge in [0.1, 0.15) is 22.5 Å². The molecule has 1 aliphatic carbocycles. The van der Waals surface area contributed by atoms with Crippen molar-refractivity contribution in [3.63, 3.8) is 0 Å². The number of rotatable bonds is 6. The largest absolute Gasteiger partial charge is 0.443 e. The maximum absolute atomic E-state index is 14.2. The number of thiocarbonyl (C=S) groups is 1. The average molecular weight is 410 g/mol. The molecule has 154 valence electrons. The number of amides is 1. The normalized spacial score (nSPS) is 17.4. The topological polar surface area (TPSA) is 93.7 Å². The number of alkyl halides is 1. The van der Waals surface area contributed by atoms with Crippen molar-refractivity contribution in [2.24, 2.45) is 16.1 Å². The van der Waals surface area contributed by atoms with Gasteiger partial charge in [-0.25, -0.2) is 9.18 Å². The third-order valence-corrected chi connectivity index (χ3v) is 4.93. The first-order chi connectivity index (χ1) is 13.0. The van der Waals surface area contributed by atoms with Gasteiger partial charge in [-0.1, -0.05) is 18.6 Å². The molecule has 1 aromatic rings. The van der Waals surface area contributed by atoms with Crippen LogP contribution in [0.2, 0.25) is 0 Å². The number of aromatic nitrogens is 2. The van der Waals surface area contributed by atoms with Crippen molar-refractivity contribution >= 4 is 34.8 Å². The first-order valence-corrected chi connectivity index (χ1v) is 9.65. The number of anilines is 1. The van der Waals surface area contributed by atoms with Gasteiger partial charge in [-0.2, -0.15) is 0 Å². The molecule has 1 saturated carbocycles. The summed E-state index contributed by atoms with van der Waals surface area (Å²) in [6.07, 6.45) is 0.656. The van der Waals surface area contributed by atoms with Gasteiger partial charge < -0.3 is 10.5 Å². The second kappa shape index (κ2) is 8.46. The zero-order valence-electron chi connectivity index (χ0n) is 17.0. The van der Waals surface area contributed by atoms with Crippen LogP contribution >= 0.6 is 12.2 Å². The van der Waals surface area contributed by atoms with Crippen molar-refractivity contribution in [2.45, 2.75) is 58.7 Å². The van der Waals surface area contributed by atoms with Crippen molar-refractivity contribution in [2.75, 3.05) is 18.5 Å². The molecule has 2 rings (SSSR count). The lowest BCUT2D eigenvalue weighted by atomic mass is 9.64. The number of hydrogen-bond donors (Lipinski definition) is 1. The molecular weight excluding hydrogens is 381 g/mol. The Kier molecular flexibility index (Phi) is 6.69. The second-order valence-electron chi connectivity index (χ2n) is 8.07. The van der Waals surface area contributed by atoms with Gasteiger partial charge in [-0.15, -0.1) is 10.2 Å². The standard InChI is InChI=1S/C19H28FN5O2S/c1-12(20)15(22-5)19(9-6-10-19)11-25(17(26)27-18(2,3)4)14-8-7-13(16(21)28)23-24-14/h7-8,12H,6,9-11H2,1-5H3,(H2,21,28). The Balaban J connectivity index is 2.40. The van der Waals surface area contributed by atoms with Crippen LogP contribution in [0.3, 0.4) is 0 Å². The number of hydrogen-bond acceptors (Lipinski definition) is 6. The molecule has 9 heteroatoms. The summed E-state index contributed by atoms with van der Waals surface area (Å²) in [4.78, 5) is 18.6. The van der Waals surface area contributed by atoms with E-state index in [1.165, 1.54) is 11.8 Å². The molecule has 2 N–H and O–H groups in total. The molecule has 1 unspecified atom stereocenters. The fourth-order valence-corrected chi connectivity index (χ4v) is 3.50. The molecule has 28 heavy (non-hydrogen) atoms. The quantitative estimate of drug-likeness (QED) is 0.571. The summed E-state index contributed by atoms with van der Waals surface area (Å²) in [6.45, 7) is 7.03. The smallest absolute Gasteiger partial charge is 0.416 e. The molecule has 1 fully saturated rings. The molecule has 1 aliphatic rings. The highest BCUT2D eigenvalue weighted by atomic mass is 32.1. The molecule has 1 atom stereocenters. The lowest BCUT2D eigenvalue weighted by Crippen LogP contribution is -2.52. The predicted octanol–water partition coefficient (Wildman–Crippen LogP) is 3.45. The summed E-state index contributed by atoms with van der Waals surface area (Å²) in [5, 5.41) is 8.08. The van der Waals surface area contributed by atoms with Crippen LogP contribution in [0.15, 0.2) is 17.1 Å². The van der Waals surface area contributed by atoms with Crippen LogP contribution < -0.4 is 10.6 Å². The Hall–Kier alpha value is -2.16. The number of aliphatic imine (C=N–C) groups is 1. The minimum absolute atomic E-state index is 0.116. The first-order valence-electron chi connectivity index (χ1n) is 9.24. The van der Waals surface area contributed by atoms with Crippen molar-refractivity contribution in [3.05, 3.63) is 17.8 Å². The van der Waals surface area contributed by atoms with Gasteiger partial charge in [0, 0.05) is 19.0 Å². The molecule has 0 aliphatic heterocycles. The average Bonchev–Trinajstić information content (AvgIpc) is 2.55. The summed E-state index contributed by atoms with van der Waals surface area (Å²) in [7, 11) is 1.58. The molecule has 0 saturated heterocycles. The van der Waals surface area contributed by atoms with Gasteiger partial charge in [0.15, 0.2) is 5.82 Å². The van der Waals surface area contributed by atoms with E-state index in [9.17, 15) is 9.18 Å². The molecule has 1 aromatic heterocycles.